The molecule has 5 aromatic rings. The Hall–Kier alpha value is -5.19. The molecular weight excluding hydrogens is 586 g/mol. The quantitative estimate of drug-likeness (QED) is 0.109. The number of amides is 2. The number of hydrogen-bond donors (Lipinski definition) is 3. The van der Waals surface area contributed by atoms with E-state index in [-0.39, 0.29) is 18.4 Å². The van der Waals surface area contributed by atoms with Gasteiger partial charge in [-0.1, -0.05) is 48.0 Å². The second-order valence-corrected chi connectivity index (χ2v) is 10.4. The average molecular weight is 612 g/mol. The molecule has 4 aromatic carbocycles. The molecule has 5 rings (SSSR count). The number of hydrazone groups is 1. The maximum absolute atomic E-state index is 12.6. The van der Waals surface area contributed by atoms with Gasteiger partial charge in [0.15, 0.2) is 11.7 Å². The molecular formula is C32H26ClN5O4S. The Labute approximate surface area is 257 Å². The topological polar surface area (TPSA) is 114 Å². The van der Waals surface area contributed by atoms with Crippen LogP contribution < -0.4 is 25.5 Å². The summed E-state index contributed by atoms with van der Waals surface area (Å²) in [6.07, 6.45) is 1.50. The van der Waals surface area contributed by atoms with Gasteiger partial charge in [-0.15, -0.1) is 11.3 Å². The fraction of sp³-hybridized carbons (Fsp3) is 0.0625. The number of hydrogen-bond acceptors (Lipinski definition) is 8. The van der Waals surface area contributed by atoms with Crippen molar-refractivity contribution >= 4 is 57.5 Å². The van der Waals surface area contributed by atoms with Gasteiger partial charge in [-0.3, -0.25) is 9.59 Å². The predicted octanol–water partition coefficient (Wildman–Crippen LogP) is 7.00. The highest BCUT2D eigenvalue weighted by Gasteiger charge is 2.10. The first-order chi connectivity index (χ1) is 21.0. The van der Waals surface area contributed by atoms with Gasteiger partial charge < -0.3 is 20.1 Å². The molecule has 0 spiro atoms. The van der Waals surface area contributed by atoms with Crippen LogP contribution in [0.1, 0.15) is 15.9 Å². The van der Waals surface area contributed by atoms with E-state index in [4.69, 9.17) is 21.1 Å². The fourth-order valence-corrected chi connectivity index (χ4v) is 4.78. The van der Waals surface area contributed by atoms with Gasteiger partial charge >= 0.3 is 0 Å². The van der Waals surface area contributed by atoms with E-state index in [1.807, 2.05) is 47.8 Å². The summed E-state index contributed by atoms with van der Waals surface area (Å²) in [5, 5.41) is 13.4. The number of halogens is 1. The third-order valence-electron chi connectivity index (χ3n) is 6.03. The van der Waals surface area contributed by atoms with Crippen molar-refractivity contribution in [3.05, 3.63) is 119 Å². The zero-order valence-electron chi connectivity index (χ0n) is 22.9. The molecule has 11 heteroatoms. The van der Waals surface area contributed by atoms with Gasteiger partial charge in [0.25, 0.3) is 11.8 Å². The lowest BCUT2D eigenvalue weighted by atomic mass is 10.1. The van der Waals surface area contributed by atoms with E-state index in [0.717, 1.165) is 22.1 Å². The monoisotopic (exact) mass is 611 g/mol. The van der Waals surface area contributed by atoms with E-state index in [0.29, 0.717) is 33.3 Å². The van der Waals surface area contributed by atoms with Crippen LogP contribution in [0.25, 0.3) is 11.3 Å². The molecule has 0 atom stereocenters. The van der Waals surface area contributed by atoms with E-state index in [1.54, 1.807) is 54.6 Å². The molecule has 0 saturated heterocycles. The van der Waals surface area contributed by atoms with Crippen molar-refractivity contribution in [1.82, 2.24) is 10.4 Å². The lowest BCUT2D eigenvalue weighted by Gasteiger charge is -2.10. The summed E-state index contributed by atoms with van der Waals surface area (Å²) in [6.45, 7) is -0.188. The Balaban J connectivity index is 1.11. The van der Waals surface area contributed by atoms with E-state index >= 15 is 0 Å². The van der Waals surface area contributed by atoms with Crippen molar-refractivity contribution in [2.24, 2.45) is 5.10 Å². The van der Waals surface area contributed by atoms with E-state index < -0.39 is 0 Å². The van der Waals surface area contributed by atoms with E-state index in [9.17, 15) is 9.59 Å². The van der Waals surface area contributed by atoms with Gasteiger partial charge in [-0.2, -0.15) is 5.10 Å². The minimum Gasteiger partial charge on any atom is -0.495 e. The van der Waals surface area contributed by atoms with Crippen molar-refractivity contribution in [1.29, 1.82) is 0 Å². The second kappa shape index (κ2) is 14.1. The summed E-state index contributed by atoms with van der Waals surface area (Å²) in [5.41, 5.74) is 6.80. The third kappa shape index (κ3) is 8.19. The largest absolute Gasteiger partial charge is 0.495 e. The van der Waals surface area contributed by atoms with Crippen LogP contribution in [0, 0.1) is 0 Å². The van der Waals surface area contributed by atoms with Gasteiger partial charge in [0.05, 0.1) is 24.7 Å². The first-order valence-electron chi connectivity index (χ1n) is 13.0. The zero-order valence-corrected chi connectivity index (χ0v) is 24.5. The van der Waals surface area contributed by atoms with Gasteiger partial charge in [0, 0.05) is 27.2 Å². The van der Waals surface area contributed by atoms with Crippen LogP contribution >= 0.6 is 22.9 Å². The summed E-state index contributed by atoms with van der Waals surface area (Å²) in [4.78, 5) is 29.6. The van der Waals surface area contributed by atoms with E-state index in [2.05, 4.69) is 26.1 Å². The van der Waals surface area contributed by atoms with Crippen molar-refractivity contribution in [2.75, 3.05) is 24.4 Å². The Kier molecular flexibility index (Phi) is 9.63. The molecule has 9 nitrogen and oxygen atoms in total. The number of benzene rings is 4. The number of para-hydroxylation sites is 2. The maximum atomic E-state index is 12.6. The van der Waals surface area contributed by atoms with Crippen LogP contribution in [-0.4, -0.2) is 36.7 Å². The van der Waals surface area contributed by atoms with Crippen LogP contribution in [0.2, 0.25) is 5.02 Å². The van der Waals surface area contributed by atoms with Crippen LogP contribution in [0.4, 0.5) is 16.5 Å². The summed E-state index contributed by atoms with van der Waals surface area (Å²) in [7, 11) is 1.54. The first kappa shape index (κ1) is 29.3. The lowest BCUT2D eigenvalue weighted by molar-refractivity contribution is -0.118. The number of rotatable bonds is 11. The molecule has 0 aliphatic heterocycles. The number of nitrogens with one attached hydrogen (secondary N) is 3. The van der Waals surface area contributed by atoms with Crippen molar-refractivity contribution in [3.63, 3.8) is 0 Å². The highest BCUT2D eigenvalue weighted by molar-refractivity contribution is 7.14. The molecule has 0 unspecified atom stereocenters. The molecule has 0 bridgehead atoms. The van der Waals surface area contributed by atoms with Crippen molar-refractivity contribution in [3.8, 4) is 22.8 Å². The number of ether oxygens (including phenoxy) is 2. The molecule has 0 aliphatic carbocycles. The summed E-state index contributed by atoms with van der Waals surface area (Å²) >= 11 is 7.43. The first-order valence-corrected chi connectivity index (χ1v) is 14.3. The molecule has 1 heterocycles. The SMILES string of the molecule is COc1ccccc1NC(=O)COc1cccc(/C=N\NC(=O)c2ccc(-c3csc(Nc4ccc(Cl)cc4)n3)cc2)c1. The number of thiazole rings is 1. The summed E-state index contributed by atoms with van der Waals surface area (Å²) in [5.74, 6) is 0.358. The molecule has 0 aliphatic rings. The molecule has 1 aromatic heterocycles. The third-order valence-corrected chi connectivity index (χ3v) is 7.04. The fourth-order valence-electron chi connectivity index (χ4n) is 3.91. The molecule has 0 saturated carbocycles. The van der Waals surface area contributed by atoms with Gasteiger partial charge in [-0.05, 0) is 66.2 Å². The zero-order chi connectivity index (χ0) is 30.0. The van der Waals surface area contributed by atoms with Crippen LogP contribution in [-0.2, 0) is 4.79 Å². The minimum atomic E-state index is -0.355. The molecule has 216 valence electrons. The highest BCUT2D eigenvalue weighted by Crippen LogP contribution is 2.28. The number of anilines is 3. The number of nitrogens with zero attached hydrogens (tertiary/aromatic N) is 2. The molecule has 2 amide bonds. The summed E-state index contributed by atoms with van der Waals surface area (Å²) < 4.78 is 10.9. The number of carbonyl (C=O) groups is 2. The van der Waals surface area contributed by atoms with Gasteiger partial charge in [0.2, 0.25) is 0 Å². The highest BCUT2D eigenvalue weighted by atomic mass is 35.5. The Bertz CT molecular complexity index is 1740. The molecule has 0 radical (unpaired) electrons. The van der Waals surface area contributed by atoms with Crippen LogP contribution in [0.15, 0.2) is 108 Å². The number of aromatic nitrogens is 1. The Morgan fingerprint density at radius 3 is 2.56 bits per heavy atom. The van der Waals surface area contributed by atoms with Crippen LogP contribution in [0.5, 0.6) is 11.5 Å². The Morgan fingerprint density at radius 2 is 1.77 bits per heavy atom. The molecule has 3 N–H and O–H groups in total. The number of methoxy groups -OCH3 is 1. The standard InChI is InChI=1S/C32H26ClN5O4S/c1-41-29-8-3-2-7-27(29)36-30(39)19-42-26-6-4-5-21(17-26)18-34-38-31(40)23-11-9-22(10-12-23)28-20-43-32(37-28)35-25-15-13-24(33)14-16-25/h2-18,20H,19H2,1H3,(H,35,37)(H,36,39)(H,38,40)/b34-18-. The normalized spacial score (nSPS) is 10.7. The predicted molar refractivity (Wildman–Crippen MR) is 171 cm³/mol. The molecule has 0 fully saturated rings. The smallest absolute Gasteiger partial charge is 0.271 e. The van der Waals surface area contributed by atoms with Crippen molar-refractivity contribution in [2.45, 2.75) is 0 Å². The average Bonchev–Trinajstić information content (AvgIpc) is 3.50. The number of carbonyl (C=O) groups excluding carboxylic acids is 2. The van der Waals surface area contributed by atoms with Gasteiger partial charge in [-0.25, -0.2) is 10.4 Å². The lowest BCUT2D eigenvalue weighted by Crippen LogP contribution is -2.20. The molecule has 43 heavy (non-hydrogen) atoms. The summed E-state index contributed by atoms with van der Waals surface area (Å²) in [6, 6.07) is 28.6. The van der Waals surface area contributed by atoms with Crippen molar-refractivity contribution < 1.29 is 19.1 Å². The van der Waals surface area contributed by atoms with Gasteiger partial charge in [0.1, 0.15) is 11.5 Å². The minimum absolute atomic E-state index is 0.188. The maximum Gasteiger partial charge on any atom is 0.271 e. The Morgan fingerprint density at radius 1 is 0.977 bits per heavy atom. The second-order valence-electron chi connectivity index (χ2n) is 9.06. The van der Waals surface area contributed by atoms with Crippen LogP contribution in [0.3, 0.4) is 0 Å². The van der Waals surface area contributed by atoms with E-state index in [1.165, 1.54) is 24.7 Å².